The summed E-state index contributed by atoms with van der Waals surface area (Å²) in [6.45, 7) is 4.93. The van der Waals surface area contributed by atoms with Crippen molar-refractivity contribution >= 4 is 16.7 Å². The molecular weight excluding hydrogens is 250 g/mol. The van der Waals surface area contributed by atoms with Crippen molar-refractivity contribution < 1.29 is 9.90 Å². The molecule has 0 spiro atoms. The third-order valence-electron chi connectivity index (χ3n) is 3.57. The van der Waals surface area contributed by atoms with Crippen LogP contribution in [0.15, 0.2) is 42.5 Å². The summed E-state index contributed by atoms with van der Waals surface area (Å²) in [6.07, 6.45) is 0.871. The first-order valence-corrected chi connectivity index (χ1v) is 7.00. The van der Waals surface area contributed by atoms with E-state index in [0.717, 1.165) is 13.0 Å². The lowest BCUT2D eigenvalue weighted by Gasteiger charge is -2.24. The number of hydrogen-bond acceptors (Lipinski definition) is 2. The molecule has 3 heteroatoms. The lowest BCUT2D eigenvalue weighted by atomic mass is 10.0. The van der Waals surface area contributed by atoms with E-state index in [0.29, 0.717) is 0 Å². The summed E-state index contributed by atoms with van der Waals surface area (Å²) >= 11 is 0. The summed E-state index contributed by atoms with van der Waals surface area (Å²) in [6, 6.07) is 15.0. The van der Waals surface area contributed by atoms with Crippen LogP contribution in [0.3, 0.4) is 0 Å². The van der Waals surface area contributed by atoms with E-state index in [2.05, 4.69) is 30.3 Å². The molecule has 106 valence electrons. The maximum Gasteiger partial charge on any atom is 0.317 e. The molecule has 3 nitrogen and oxygen atoms in total. The Bertz CT molecular complexity index is 592. The molecule has 0 aliphatic carbocycles. The average molecular weight is 271 g/mol. The Morgan fingerprint density at radius 3 is 2.50 bits per heavy atom. The largest absolute Gasteiger partial charge is 0.480 e. The van der Waals surface area contributed by atoms with Gasteiger partial charge in [0.25, 0.3) is 0 Å². The fourth-order valence-electron chi connectivity index (χ4n) is 2.36. The highest BCUT2D eigenvalue weighted by atomic mass is 16.4. The minimum Gasteiger partial charge on any atom is -0.480 e. The van der Waals surface area contributed by atoms with Crippen LogP contribution in [0.25, 0.3) is 10.8 Å². The zero-order valence-corrected chi connectivity index (χ0v) is 12.0. The van der Waals surface area contributed by atoms with Crippen molar-refractivity contribution in [2.75, 3.05) is 13.1 Å². The Balaban J connectivity index is 2.05. The molecule has 2 rings (SSSR count). The van der Waals surface area contributed by atoms with Crippen LogP contribution < -0.4 is 0 Å². The second-order valence-corrected chi connectivity index (χ2v) is 5.39. The number of benzene rings is 2. The molecule has 0 bridgehead atoms. The van der Waals surface area contributed by atoms with Crippen LogP contribution in [0.2, 0.25) is 0 Å². The Labute approximate surface area is 119 Å². The molecule has 0 aliphatic rings. The molecule has 0 saturated carbocycles. The molecule has 0 unspecified atom stereocenters. The lowest BCUT2D eigenvalue weighted by Crippen LogP contribution is -2.37. The maximum absolute atomic E-state index is 10.9. The van der Waals surface area contributed by atoms with E-state index in [-0.39, 0.29) is 12.6 Å². The monoisotopic (exact) mass is 271 g/mol. The van der Waals surface area contributed by atoms with Gasteiger partial charge in [0, 0.05) is 12.6 Å². The highest BCUT2D eigenvalue weighted by molar-refractivity contribution is 5.82. The summed E-state index contributed by atoms with van der Waals surface area (Å²) in [7, 11) is 0. The van der Waals surface area contributed by atoms with Crippen LogP contribution >= 0.6 is 0 Å². The summed E-state index contributed by atoms with van der Waals surface area (Å²) in [5.41, 5.74) is 1.25. The minimum atomic E-state index is -0.766. The van der Waals surface area contributed by atoms with Crippen molar-refractivity contribution in [3.05, 3.63) is 48.0 Å². The normalized spacial score (nSPS) is 11.4. The Kier molecular flexibility index (Phi) is 4.74. The molecule has 0 fully saturated rings. The number of nitrogens with zero attached hydrogens (tertiary/aromatic N) is 1. The molecule has 0 aliphatic heterocycles. The first-order chi connectivity index (χ1) is 9.56. The summed E-state index contributed by atoms with van der Waals surface area (Å²) in [5, 5.41) is 11.4. The standard InChI is InChI=1S/C17H21NO2/c1-13(2)18(12-17(19)20)10-9-14-7-8-15-5-3-4-6-16(15)11-14/h3-8,11,13H,9-10,12H2,1-2H3,(H,19,20). The number of aliphatic carboxylic acids is 1. The van der Waals surface area contributed by atoms with Crippen molar-refractivity contribution in [3.8, 4) is 0 Å². The van der Waals surface area contributed by atoms with Crippen molar-refractivity contribution in [1.82, 2.24) is 4.90 Å². The number of hydrogen-bond donors (Lipinski definition) is 1. The number of carbonyl (C=O) groups is 1. The van der Waals surface area contributed by atoms with Crippen molar-refractivity contribution in [2.45, 2.75) is 26.3 Å². The van der Waals surface area contributed by atoms with Crippen LogP contribution in [0, 0.1) is 0 Å². The third-order valence-corrected chi connectivity index (χ3v) is 3.57. The molecular formula is C17H21NO2. The van der Waals surface area contributed by atoms with Crippen molar-refractivity contribution in [3.63, 3.8) is 0 Å². The first kappa shape index (κ1) is 14.5. The van der Waals surface area contributed by atoms with Gasteiger partial charge in [0.2, 0.25) is 0 Å². The smallest absolute Gasteiger partial charge is 0.317 e. The molecule has 0 radical (unpaired) electrons. The van der Waals surface area contributed by atoms with E-state index in [9.17, 15) is 4.79 Å². The van der Waals surface area contributed by atoms with Crippen LogP contribution in [-0.2, 0) is 11.2 Å². The van der Waals surface area contributed by atoms with Gasteiger partial charge in [-0.1, -0.05) is 42.5 Å². The second-order valence-electron chi connectivity index (χ2n) is 5.39. The number of rotatable bonds is 6. The average Bonchev–Trinajstić information content (AvgIpc) is 2.42. The number of fused-ring (bicyclic) bond motifs is 1. The van der Waals surface area contributed by atoms with Gasteiger partial charge < -0.3 is 5.11 Å². The van der Waals surface area contributed by atoms with Gasteiger partial charge in [0.05, 0.1) is 6.54 Å². The predicted molar refractivity (Wildman–Crippen MR) is 82.0 cm³/mol. The summed E-state index contributed by atoms with van der Waals surface area (Å²) in [5.74, 6) is -0.766. The summed E-state index contributed by atoms with van der Waals surface area (Å²) in [4.78, 5) is 12.8. The van der Waals surface area contributed by atoms with Gasteiger partial charge in [-0.25, -0.2) is 0 Å². The molecule has 0 amide bonds. The molecule has 0 saturated heterocycles. The predicted octanol–water partition coefficient (Wildman–Crippen LogP) is 3.18. The van der Waals surface area contributed by atoms with E-state index >= 15 is 0 Å². The van der Waals surface area contributed by atoms with E-state index in [1.807, 2.05) is 30.9 Å². The topological polar surface area (TPSA) is 40.5 Å². The van der Waals surface area contributed by atoms with Gasteiger partial charge in [-0.15, -0.1) is 0 Å². The molecule has 2 aromatic carbocycles. The molecule has 2 aromatic rings. The second kappa shape index (κ2) is 6.53. The van der Waals surface area contributed by atoms with E-state index in [1.54, 1.807) is 0 Å². The van der Waals surface area contributed by atoms with Gasteiger partial charge in [-0.3, -0.25) is 9.69 Å². The van der Waals surface area contributed by atoms with Gasteiger partial charge >= 0.3 is 5.97 Å². The van der Waals surface area contributed by atoms with E-state index in [1.165, 1.54) is 16.3 Å². The zero-order valence-electron chi connectivity index (χ0n) is 12.0. The lowest BCUT2D eigenvalue weighted by molar-refractivity contribution is -0.138. The van der Waals surface area contributed by atoms with Crippen LogP contribution in [0.1, 0.15) is 19.4 Å². The van der Waals surface area contributed by atoms with Crippen LogP contribution in [0.4, 0.5) is 0 Å². The van der Waals surface area contributed by atoms with Gasteiger partial charge in [-0.2, -0.15) is 0 Å². The number of carboxylic acids is 1. The molecule has 0 aromatic heterocycles. The van der Waals surface area contributed by atoms with Gasteiger partial charge in [-0.05, 0) is 36.6 Å². The number of carboxylic acid groups (broad SMARTS) is 1. The Morgan fingerprint density at radius 2 is 1.85 bits per heavy atom. The van der Waals surface area contributed by atoms with Crippen LogP contribution in [0.5, 0.6) is 0 Å². The molecule has 1 N–H and O–H groups in total. The quantitative estimate of drug-likeness (QED) is 0.877. The SMILES string of the molecule is CC(C)N(CCc1ccc2ccccc2c1)CC(=O)O. The Morgan fingerprint density at radius 1 is 1.15 bits per heavy atom. The zero-order chi connectivity index (χ0) is 14.5. The first-order valence-electron chi connectivity index (χ1n) is 7.00. The molecule has 20 heavy (non-hydrogen) atoms. The van der Waals surface area contributed by atoms with Crippen LogP contribution in [-0.4, -0.2) is 35.1 Å². The maximum atomic E-state index is 10.9. The molecule has 0 atom stereocenters. The van der Waals surface area contributed by atoms with E-state index < -0.39 is 5.97 Å². The van der Waals surface area contributed by atoms with Crippen molar-refractivity contribution in [2.24, 2.45) is 0 Å². The fraction of sp³-hybridized carbons (Fsp3) is 0.353. The third kappa shape index (κ3) is 3.81. The van der Waals surface area contributed by atoms with E-state index in [4.69, 9.17) is 5.11 Å². The van der Waals surface area contributed by atoms with Gasteiger partial charge in [0.15, 0.2) is 0 Å². The molecule has 0 heterocycles. The summed E-state index contributed by atoms with van der Waals surface area (Å²) < 4.78 is 0. The van der Waals surface area contributed by atoms with Crippen molar-refractivity contribution in [1.29, 1.82) is 0 Å². The minimum absolute atomic E-state index is 0.102. The van der Waals surface area contributed by atoms with Gasteiger partial charge in [0.1, 0.15) is 0 Å². The highest BCUT2D eigenvalue weighted by Gasteiger charge is 2.12. The fourth-order valence-corrected chi connectivity index (χ4v) is 2.36. The Hall–Kier alpha value is -1.87. The highest BCUT2D eigenvalue weighted by Crippen LogP contribution is 2.16.